The first-order valence-corrected chi connectivity index (χ1v) is 5.57. The molecule has 0 amide bonds. The highest BCUT2D eigenvalue weighted by Gasteiger charge is 2.02. The van der Waals surface area contributed by atoms with Gasteiger partial charge in [-0.1, -0.05) is 6.92 Å². The topological polar surface area (TPSA) is 30.3 Å². The molecule has 0 fully saturated rings. The maximum absolute atomic E-state index is 8.70. The Kier molecular flexibility index (Phi) is 4.81. The SMILES string of the molecule is CCN(C)CCN(C)c1ccc(C#N)cc1. The number of likely N-dealkylation sites (N-methyl/N-ethyl adjacent to an activating group) is 2. The van der Waals surface area contributed by atoms with Crippen LogP contribution in [-0.2, 0) is 0 Å². The number of rotatable bonds is 5. The van der Waals surface area contributed by atoms with Crippen LogP contribution in [0.3, 0.4) is 0 Å². The summed E-state index contributed by atoms with van der Waals surface area (Å²) in [5.41, 5.74) is 1.87. The molecule has 0 aliphatic rings. The van der Waals surface area contributed by atoms with Crippen molar-refractivity contribution in [3.63, 3.8) is 0 Å². The second-order valence-corrected chi connectivity index (χ2v) is 3.98. The van der Waals surface area contributed by atoms with E-state index in [0.29, 0.717) is 5.56 Å². The fraction of sp³-hybridized carbons (Fsp3) is 0.462. The molecule has 0 unspecified atom stereocenters. The average molecular weight is 217 g/mol. The van der Waals surface area contributed by atoms with Crippen molar-refractivity contribution in [2.75, 3.05) is 38.6 Å². The minimum atomic E-state index is 0.711. The quantitative estimate of drug-likeness (QED) is 0.755. The summed E-state index contributed by atoms with van der Waals surface area (Å²) in [6.07, 6.45) is 0. The molecule has 1 aromatic carbocycles. The number of hydrogen-bond acceptors (Lipinski definition) is 3. The maximum atomic E-state index is 8.70. The summed E-state index contributed by atoms with van der Waals surface area (Å²) in [5, 5.41) is 8.70. The standard InChI is InChI=1S/C13H19N3/c1-4-15(2)9-10-16(3)13-7-5-12(11-14)6-8-13/h5-8H,4,9-10H2,1-3H3. The van der Waals surface area contributed by atoms with Crippen molar-refractivity contribution < 1.29 is 0 Å². The van der Waals surface area contributed by atoms with Crippen molar-refractivity contribution in [1.82, 2.24) is 4.90 Å². The zero-order chi connectivity index (χ0) is 12.0. The Labute approximate surface area is 97.9 Å². The van der Waals surface area contributed by atoms with Crippen LogP contribution in [0.2, 0.25) is 0 Å². The molecule has 0 heterocycles. The van der Waals surface area contributed by atoms with Crippen LogP contribution in [0.25, 0.3) is 0 Å². The molecule has 86 valence electrons. The largest absolute Gasteiger partial charge is 0.373 e. The van der Waals surface area contributed by atoms with E-state index in [2.05, 4.69) is 36.9 Å². The second kappa shape index (κ2) is 6.14. The summed E-state index contributed by atoms with van der Waals surface area (Å²) in [4.78, 5) is 4.48. The predicted molar refractivity (Wildman–Crippen MR) is 67.6 cm³/mol. The van der Waals surface area contributed by atoms with E-state index < -0.39 is 0 Å². The van der Waals surface area contributed by atoms with Crippen molar-refractivity contribution in [2.24, 2.45) is 0 Å². The molecule has 0 saturated carbocycles. The van der Waals surface area contributed by atoms with Crippen LogP contribution in [0.1, 0.15) is 12.5 Å². The van der Waals surface area contributed by atoms with E-state index in [9.17, 15) is 0 Å². The van der Waals surface area contributed by atoms with Crippen LogP contribution in [0.5, 0.6) is 0 Å². The van der Waals surface area contributed by atoms with Gasteiger partial charge in [-0.15, -0.1) is 0 Å². The molecule has 0 atom stereocenters. The van der Waals surface area contributed by atoms with E-state index in [-0.39, 0.29) is 0 Å². The van der Waals surface area contributed by atoms with Gasteiger partial charge in [0.25, 0.3) is 0 Å². The monoisotopic (exact) mass is 217 g/mol. The molecule has 0 aliphatic carbocycles. The van der Waals surface area contributed by atoms with Gasteiger partial charge in [0.15, 0.2) is 0 Å². The lowest BCUT2D eigenvalue weighted by Crippen LogP contribution is -2.30. The molecule has 0 saturated heterocycles. The molecule has 3 heteroatoms. The van der Waals surface area contributed by atoms with Crippen molar-refractivity contribution in [1.29, 1.82) is 5.26 Å². The normalized spacial score (nSPS) is 10.2. The minimum Gasteiger partial charge on any atom is -0.373 e. The Balaban J connectivity index is 2.53. The molecule has 0 aromatic heterocycles. The minimum absolute atomic E-state index is 0.711. The highest BCUT2D eigenvalue weighted by molar-refractivity contribution is 5.48. The lowest BCUT2D eigenvalue weighted by Gasteiger charge is -2.22. The Hall–Kier alpha value is -1.53. The third-order valence-electron chi connectivity index (χ3n) is 2.79. The molecular weight excluding hydrogens is 198 g/mol. The van der Waals surface area contributed by atoms with E-state index in [1.807, 2.05) is 24.3 Å². The first-order valence-electron chi connectivity index (χ1n) is 5.57. The zero-order valence-electron chi connectivity index (χ0n) is 10.3. The van der Waals surface area contributed by atoms with Gasteiger partial charge in [-0.3, -0.25) is 0 Å². The van der Waals surface area contributed by atoms with Gasteiger partial charge in [0.2, 0.25) is 0 Å². The Morgan fingerprint density at radius 1 is 1.12 bits per heavy atom. The summed E-state index contributed by atoms with van der Waals surface area (Å²) in [7, 11) is 4.19. The smallest absolute Gasteiger partial charge is 0.0991 e. The predicted octanol–water partition coefficient (Wildman–Crippen LogP) is 1.95. The highest BCUT2D eigenvalue weighted by Crippen LogP contribution is 2.12. The van der Waals surface area contributed by atoms with Crippen molar-refractivity contribution in [2.45, 2.75) is 6.92 Å². The third kappa shape index (κ3) is 3.56. The van der Waals surface area contributed by atoms with Gasteiger partial charge < -0.3 is 9.80 Å². The van der Waals surface area contributed by atoms with Crippen LogP contribution in [0, 0.1) is 11.3 Å². The van der Waals surface area contributed by atoms with Gasteiger partial charge in [0, 0.05) is 25.8 Å². The molecule has 0 aliphatic heterocycles. The highest BCUT2D eigenvalue weighted by atomic mass is 15.2. The summed E-state index contributed by atoms with van der Waals surface area (Å²) in [6, 6.07) is 9.82. The van der Waals surface area contributed by atoms with E-state index in [4.69, 9.17) is 5.26 Å². The van der Waals surface area contributed by atoms with Gasteiger partial charge in [-0.25, -0.2) is 0 Å². The number of anilines is 1. The Morgan fingerprint density at radius 3 is 2.25 bits per heavy atom. The third-order valence-corrected chi connectivity index (χ3v) is 2.79. The van der Waals surface area contributed by atoms with E-state index >= 15 is 0 Å². The van der Waals surface area contributed by atoms with Crippen LogP contribution in [0.15, 0.2) is 24.3 Å². The lowest BCUT2D eigenvalue weighted by molar-refractivity contribution is 0.360. The lowest BCUT2D eigenvalue weighted by atomic mass is 10.2. The zero-order valence-corrected chi connectivity index (χ0v) is 10.3. The molecule has 3 nitrogen and oxygen atoms in total. The number of benzene rings is 1. The van der Waals surface area contributed by atoms with Crippen molar-refractivity contribution >= 4 is 5.69 Å². The fourth-order valence-electron chi connectivity index (χ4n) is 1.40. The molecular formula is C13H19N3. The fourth-order valence-corrected chi connectivity index (χ4v) is 1.40. The first-order chi connectivity index (χ1) is 7.67. The molecule has 1 aromatic rings. The molecule has 0 bridgehead atoms. The average Bonchev–Trinajstić information content (AvgIpc) is 2.35. The number of hydrogen-bond donors (Lipinski definition) is 0. The van der Waals surface area contributed by atoms with Crippen LogP contribution in [-0.4, -0.2) is 38.6 Å². The molecule has 0 spiro atoms. The number of nitrogens with zero attached hydrogens (tertiary/aromatic N) is 3. The Morgan fingerprint density at radius 2 is 1.75 bits per heavy atom. The van der Waals surface area contributed by atoms with Crippen LogP contribution >= 0.6 is 0 Å². The van der Waals surface area contributed by atoms with Crippen molar-refractivity contribution in [3.05, 3.63) is 29.8 Å². The summed E-state index contributed by atoms with van der Waals surface area (Å²) in [6.45, 7) is 5.27. The molecule has 0 N–H and O–H groups in total. The second-order valence-electron chi connectivity index (χ2n) is 3.98. The van der Waals surface area contributed by atoms with Gasteiger partial charge >= 0.3 is 0 Å². The Bertz CT molecular complexity index is 350. The van der Waals surface area contributed by atoms with E-state index in [1.54, 1.807) is 0 Å². The van der Waals surface area contributed by atoms with Crippen LogP contribution in [0.4, 0.5) is 5.69 Å². The van der Waals surface area contributed by atoms with Gasteiger partial charge in [-0.05, 0) is 37.9 Å². The summed E-state index contributed by atoms with van der Waals surface area (Å²) < 4.78 is 0. The number of nitriles is 1. The van der Waals surface area contributed by atoms with Crippen molar-refractivity contribution in [3.8, 4) is 6.07 Å². The van der Waals surface area contributed by atoms with Crippen LogP contribution < -0.4 is 4.90 Å². The van der Waals surface area contributed by atoms with Gasteiger partial charge in [0.1, 0.15) is 0 Å². The summed E-state index contributed by atoms with van der Waals surface area (Å²) >= 11 is 0. The molecule has 16 heavy (non-hydrogen) atoms. The summed E-state index contributed by atoms with van der Waals surface area (Å²) in [5.74, 6) is 0. The first kappa shape index (κ1) is 12.5. The van der Waals surface area contributed by atoms with E-state index in [1.165, 1.54) is 0 Å². The molecule has 1 rings (SSSR count). The van der Waals surface area contributed by atoms with Gasteiger partial charge in [-0.2, -0.15) is 5.26 Å². The van der Waals surface area contributed by atoms with Gasteiger partial charge in [0.05, 0.1) is 11.6 Å². The molecule has 0 radical (unpaired) electrons. The van der Waals surface area contributed by atoms with E-state index in [0.717, 1.165) is 25.3 Å². The maximum Gasteiger partial charge on any atom is 0.0991 e.